The van der Waals surface area contributed by atoms with Gasteiger partial charge >= 0.3 is 0 Å². The molecule has 3 heterocycles. The van der Waals surface area contributed by atoms with Crippen LogP contribution in [0.5, 0.6) is 5.75 Å². The van der Waals surface area contributed by atoms with E-state index in [1.807, 2.05) is 42.0 Å². The fourth-order valence-electron chi connectivity index (χ4n) is 4.19. The lowest BCUT2D eigenvalue weighted by Gasteiger charge is -2.29. The van der Waals surface area contributed by atoms with Crippen LogP contribution in [-0.4, -0.2) is 31.4 Å². The molecule has 0 saturated heterocycles. The number of methoxy groups -OCH3 is 1. The predicted octanol–water partition coefficient (Wildman–Crippen LogP) is 5.10. The van der Waals surface area contributed by atoms with E-state index in [9.17, 15) is 4.39 Å². The van der Waals surface area contributed by atoms with Crippen molar-refractivity contribution in [3.05, 3.63) is 89.3 Å². The van der Waals surface area contributed by atoms with Crippen LogP contribution in [0.25, 0.3) is 17.8 Å². The van der Waals surface area contributed by atoms with Crippen LogP contribution >= 0.6 is 0 Å². The minimum Gasteiger partial charge on any atom is -0.495 e. The average molecular weight is 447 g/mol. The fourth-order valence-corrected chi connectivity index (χ4v) is 4.19. The van der Waals surface area contributed by atoms with Gasteiger partial charge in [0.25, 0.3) is 0 Å². The third kappa shape index (κ3) is 3.92. The van der Waals surface area contributed by atoms with Crippen molar-refractivity contribution in [3.63, 3.8) is 0 Å². The van der Waals surface area contributed by atoms with Gasteiger partial charge in [0, 0.05) is 12.7 Å². The van der Waals surface area contributed by atoms with Crippen LogP contribution < -0.4 is 4.74 Å². The second-order valence-electron chi connectivity index (χ2n) is 8.12. The van der Waals surface area contributed by atoms with Gasteiger partial charge in [-0.15, -0.1) is 0 Å². The molecule has 1 atom stereocenters. The summed E-state index contributed by atoms with van der Waals surface area (Å²) < 4.78 is 38.4. The molecule has 0 spiro atoms. The topological polar surface area (TPSA) is 57.8 Å². The Kier molecular flexibility index (Phi) is 5.28. The Hall–Kier alpha value is -3.81. The van der Waals surface area contributed by atoms with Gasteiger partial charge in [-0.05, 0) is 61.2 Å². The fraction of sp³-hybridized carbons (Fsp3) is 0.240. The van der Waals surface area contributed by atoms with E-state index in [2.05, 4.69) is 15.1 Å². The number of imidazole rings is 1. The molecule has 1 aliphatic heterocycles. The summed E-state index contributed by atoms with van der Waals surface area (Å²) in [5.74, 6) is 0.978. The maximum absolute atomic E-state index is 16.0. The van der Waals surface area contributed by atoms with E-state index in [0.717, 1.165) is 16.9 Å². The highest BCUT2D eigenvalue weighted by Crippen LogP contribution is 2.40. The van der Waals surface area contributed by atoms with Crippen molar-refractivity contribution in [2.24, 2.45) is 0 Å². The smallest absolute Gasteiger partial charge is 0.194 e. The third-order valence-electron chi connectivity index (χ3n) is 5.85. The maximum Gasteiger partial charge on any atom is 0.194 e. The molecule has 0 saturated carbocycles. The summed E-state index contributed by atoms with van der Waals surface area (Å²) in [5.41, 5.74) is 1.29. The summed E-state index contributed by atoms with van der Waals surface area (Å²) in [6.07, 6.45) is 8.20. The van der Waals surface area contributed by atoms with Crippen molar-refractivity contribution in [3.8, 4) is 11.4 Å². The van der Waals surface area contributed by atoms with Crippen molar-refractivity contribution in [1.82, 2.24) is 24.3 Å². The summed E-state index contributed by atoms with van der Waals surface area (Å²) >= 11 is 0. The van der Waals surface area contributed by atoms with Crippen molar-refractivity contribution in [1.29, 1.82) is 0 Å². The summed E-state index contributed by atoms with van der Waals surface area (Å²) in [6, 6.07) is 11.3. The molecular weight excluding hydrogens is 424 g/mol. The van der Waals surface area contributed by atoms with Gasteiger partial charge in [0.2, 0.25) is 0 Å². The van der Waals surface area contributed by atoms with Crippen LogP contribution in [-0.2, 0) is 12.2 Å². The Morgan fingerprint density at radius 2 is 1.94 bits per heavy atom. The lowest BCUT2D eigenvalue weighted by Crippen LogP contribution is -2.31. The summed E-state index contributed by atoms with van der Waals surface area (Å²) in [6.45, 7) is 2.52. The highest BCUT2D eigenvalue weighted by molar-refractivity contribution is 5.69. The number of ether oxygens (including phenoxy) is 1. The highest BCUT2D eigenvalue weighted by atomic mass is 19.1. The first kappa shape index (κ1) is 21.1. The van der Waals surface area contributed by atoms with E-state index in [1.165, 1.54) is 24.3 Å². The van der Waals surface area contributed by atoms with Crippen molar-refractivity contribution >= 4 is 12.2 Å². The molecular formula is C25H23F2N5O. The minimum atomic E-state index is -1.79. The molecule has 2 aromatic heterocycles. The molecule has 1 aliphatic rings. The zero-order valence-corrected chi connectivity index (χ0v) is 18.4. The minimum absolute atomic E-state index is 0.253. The van der Waals surface area contributed by atoms with Gasteiger partial charge < -0.3 is 9.30 Å². The summed E-state index contributed by atoms with van der Waals surface area (Å²) in [4.78, 5) is 8.74. The molecule has 33 heavy (non-hydrogen) atoms. The molecule has 5 rings (SSSR count). The van der Waals surface area contributed by atoms with Crippen LogP contribution in [0.3, 0.4) is 0 Å². The van der Waals surface area contributed by atoms with Gasteiger partial charge in [0.15, 0.2) is 17.3 Å². The Morgan fingerprint density at radius 1 is 1.12 bits per heavy atom. The molecule has 0 N–H and O–H groups in total. The number of hydrogen-bond donors (Lipinski definition) is 0. The van der Waals surface area contributed by atoms with Crippen LogP contribution in [0.1, 0.15) is 41.3 Å². The standard InChI is InChI=1S/C25H23F2N5O/c1-17-15-31(16-28-17)21-10-4-18(14-22(21)33-2)5-11-23-29-24-25(27,12-3-13-32(24)30-23)19-6-8-20(26)9-7-19/h4-11,14-16H,3,12-13H2,1-2H3/b11-5+. The number of aromatic nitrogens is 5. The van der Waals surface area contributed by atoms with E-state index >= 15 is 4.39 Å². The van der Waals surface area contributed by atoms with E-state index < -0.39 is 11.5 Å². The van der Waals surface area contributed by atoms with Gasteiger partial charge in [-0.1, -0.05) is 24.3 Å². The number of benzene rings is 2. The second kappa shape index (κ2) is 8.27. The molecule has 6 nitrogen and oxygen atoms in total. The zero-order chi connectivity index (χ0) is 23.0. The maximum atomic E-state index is 16.0. The van der Waals surface area contributed by atoms with Gasteiger partial charge in [0.1, 0.15) is 11.6 Å². The van der Waals surface area contributed by atoms with E-state index in [4.69, 9.17) is 4.74 Å². The normalized spacial score (nSPS) is 17.9. The second-order valence-corrected chi connectivity index (χ2v) is 8.12. The number of alkyl halides is 1. The average Bonchev–Trinajstić information content (AvgIpc) is 3.45. The van der Waals surface area contributed by atoms with Crippen molar-refractivity contribution < 1.29 is 13.5 Å². The molecule has 0 bridgehead atoms. The SMILES string of the molecule is COc1cc(/C=C/c2nc3n(n2)CCCC3(F)c2ccc(F)cc2)ccc1-n1cnc(C)c1. The lowest BCUT2D eigenvalue weighted by atomic mass is 9.88. The number of rotatable bonds is 5. The number of fused-ring (bicyclic) bond motifs is 1. The number of aryl methyl sites for hydroxylation is 2. The van der Waals surface area contributed by atoms with Gasteiger partial charge in [-0.2, -0.15) is 5.10 Å². The molecule has 168 valence electrons. The van der Waals surface area contributed by atoms with Gasteiger partial charge in [0.05, 0.1) is 24.8 Å². The third-order valence-corrected chi connectivity index (χ3v) is 5.85. The monoisotopic (exact) mass is 447 g/mol. The Morgan fingerprint density at radius 3 is 2.67 bits per heavy atom. The van der Waals surface area contributed by atoms with E-state index in [0.29, 0.717) is 30.1 Å². The molecule has 2 aromatic carbocycles. The largest absolute Gasteiger partial charge is 0.495 e. The Labute approximate surface area is 190 Å². The van der Waals surface area contributed by atoms with Gasteiger partial charge in [-0.3, -0.25) is 0 Å². The van der Waals surface area contributed by atoms with Crippen LogP contribution in [0, 0.1) is 12.7 Å². The first-order valence-electron chi connectivity index (χ1n) is 10.7. The molecule has 1 unspecified atom stereocenters. The van der Waals surface area contributed by atoms with Crippen molar-refractivity contribution in [2.75, 3.05) is 7.11 Å². The molecule has 4 aromatic rings. The molecule has 0 radical (unpaired) electrons. The lowest BCUT2D eigenvalue weighted by molar-refractivity contribution is 0.152. The summed E-state index contributed by atoms with van der Waals surface area (Å²) in [5, 5.41) is 4.48. The van der Waals surface area contributed by atoms with Crippen LogP contribution in [0.2, 0.25) is 0 Å². The first-order valence-corrected chi connectivity index (χ1v) is 10.7. The Bertz CT molecular complexity index is 1330. The number of halogens is 2. The predicted molar refractivity (Wildman–Crippen MR) is 121 cm³/mol. The molecule has 0 aliphatic carbocycles. The first-order chi connectivity index (χ1) is 16.0. The van der Waals surface area contributed by atoms with Crippen LogP contribution in [0.4, 0.5) is 8.78 Å². The highest BCUT2D eigenvalue weighted by Gasteiger charge is 2.41. The van der Waals surface area contributed by atoms with E-state index in [1.54, 1.807) is 24.2 Å². The quantitative estimate of drug-likeness (QED) is 0.427. The zero-order valence-electron chi connectivity index (χ0n) is 18.4. The molecule has 0 fully saturated rings. The van der Waals surface area contributed by atoms with Crippen LogP contribution in [0.15, 0.2) is 55.0 Å². The Balaban J connectivity index is 1.43. The van der Waals surface area contributed by atoms with E-state index in [-0.39, 0.29) is 12.2 Å². The molecule has 8 heteroatoms. The number of hydrogen-bond acceptors (Lipinski definition) is 4. The van der Waals surface area contributed by atoms with Crippen molar-refractivity contribution in [2.45, 2.75) is 32.0 Å². The summed E-state index contributed by atoms with van der Waals surface area (Å²) in [7, 11) is 1.62. The number of nitrogens with zero attached hydrogens (tertiary/aromatic N) is 5. The molecule has 0 amide bonds. The van der Waals surface area contributed by atoms with Gasteiger partial charge in [-0.25, -0.2) is 23.4 Å².